The molecular weight excluding hydrogens is 308 g/mol. The van der Waals surface area contributed by atoms with Crippen molar-refractivity contribution in [1.82, 2.24) is 4.57 Å². The van der Waals surface area contributed by atoms with Crippen molar-refractivity contribution in [1.29, 1.82) is 0 Å². The van der Waals surface area contributed by atoms with Gasteiger partial charge in [0.15, 0.2) is 0 Å². The van der Waals surface area contributed by atoms with Gasteiger partial charge in [-0.15, -0.1) is 0 Å². The van der Waals surface area contributed by atoms with Gasteiger partial charge in [-0.25, -0.2) is 0 Å². The van der Waals surface area contributed by atoms with Crippen LogP contribution in [-0.2, 0) is 19.4 Å². The van der Waals surface area contributed by atoms with Crippen LogP contribution in [0.15, 0.2) is 42.5 Å². The van der Waals surface area contributed by atoms with Gasteiger partial charge < -0.3 is 9.88 Å². The SMILES string of the molecule is CCc1ccc(NC(=O)c2c(C)c3cc(CC)ccc3n2CC)cc1. The third-order valence-corrected chi connectivity index (χ3v) is 4.94. The quantitative estimate of drug-likeness (QED) is 0.671. The fraction of sp³-hybridized carbons (Fsp3) is 0.318. The van der Waals surface area contributed by atoms with Crippen LogP contribution in [-0.4, -0.2) is 10.5 Å². The molecule has 1 aromatic heterocycles. The van der Waals surface area contributed by atoms with Crippen LogP contribution in [0.3, 0.4) is 0 Å². The number of nitrogens with one attached hydrogen (secondary N) is 1. The number of aryl methyl sites for hydroxylation is 4. The van der Waals surface area contributed by atoms with Crippen molar-refractivity contribution in [3.05, 3.63) is 64.8 Å². The molecule has 1 heterocycles. The Morgan fingerprint density at radius 2 is 1.60 bits per heavy atom. The van der Waals surface area contributed by atoms with E-state index in [2.05, 4.69) is 61.0 Å². The zero-order valence-corrected chi connectivity index (χ0v) is 15.5. The highest BCUT2D eigenvalue weighted by atomic mass is 16.2. The standard InChI is InChI=1S/C22H26N2O/c1-5-16-8-11-18(12-9-16)23-22(25)21-15(4)19-14-17(6-2)10-13-20(19)24(21)7-3/h8-14H,5-7H2,1-4H3,(H,23,25). The lowest BCUT2D eigenvalue weighted by Gasteiger charge is -2.10. The summed E-state index contributed by atoms with van der Waals surface area (Å²) in [4.78, 5) is 13.0. The summed E-state index contributed by atoms with van der Waals surface area (Å²) in [6.07, 6.45) is 2.00. The van der Waals surface area contributed by atoms with Crippen LogP contribution in [0, 0.1) is 6.92 Å². The van der Waals surface area contributed by atoms with E-state index < -0.39 is 0 Å². The number of amides is 1. The monoisotopic (exact) mass is 334 g/mol. The molecule has 3 rings (SSSR count). The van der Waals surface area contributed by atoms with Gasteiger partial charge in [-0.3, -0.25) is 4.79 Å². The Hall–Kier alpha value is -2.55. The topological polar surface area (TPSA) is 34.0 Å². The summed E-state index contributed by atoms with van der Waals surface area (Å²) in [5.41, 5.74) is 6.34. The Morgan fingerprint density at radius 3 is 2.20 bits per heavy atom. The highest BCUT2D eigenvalue weighted by Crippen LogP contribution is 2.28. The molecule has 0 bridgehead atoms. The molecule has 0 fully saturated rings. The number of fused-ring (bicyclic) bond motifs is 1. The Kier molecular flexibility index (Phi) is 4.93. The average Bonchev–Trinajstić information content (AvgIpc) is 2.93. The van der Waals surface area contributed by atoms with Crippen molar-refractivity contribution < 1.29 is 4.79 Å². The Labute approximate surface area is 149 Å². The van der Waals surface area contributed by atoms with E-state index >= 15 is 0 Å². The molecule has 0 aliphatic heterocycles. The van der Waals surface area contributed by atoms with Crippen LogP contribution in [0.25, 0.3) is 10.9 Å². The van der Waals surface area contributed by atoms with Crippen LogP contribution >= 0.6 is 0 Å². The van der Waals surface area contributed by atoms with Crippen LogP contribution in [0.4, 0.5) is 5.69 Å². The summed E-state index contributed by atoms with van der Waals surface area (Å²) >= 11 is 0. The molecule has 3 nitrogen and oxygen atoms in total. The van der Waals surface area contributed by atoms with Crippen molar-refractivity contribution in [2.45, 2.75) is 47.1 Å². The number of carbonyl (C=O) groups excluding carboxylic acids is 1. The Balaban J connectivity index is 2.01. The average molecular weight is 334 g/mol. The van der Waals surface area contributed by atoms with Crippen molar-refractivity contribution in [3.8, 4) is 0 Å². The Bertz CT molecular complexity index is 904. The number of nitrogens with zero attached hydrogens (tertiary/aromatic N) is 1. The molecular formula is C22H26N2O. The molecule has 0 aliphatic rings. The first-order chi connectivity index (χ1) is 12.1. The van der Waals surface area contributed by atoms with E-state index in [4.69, 9.17) is 0 Å². The van der Waals surface area contributed by atoms with Gasteiger partial charge >= 0.3 is 0 Å². The molecule has 3 heteroatoms. The lowest BCUT2D eigenvalue weighted by Crippen LogP contribution is -2.17. The lowest BCUT2D eigenvalue weighted by molar-refractivity contribution is 0.101. The predicted molar refractivity (Wildman–Crippen MR) is 106 cm³/mol. The second-order valence-corrected chi connectivity index (χ2v) is 6.43. The Morgan fingerprint density at radius 1 is 0.960 bits per heavy atom. The van der Waals surface area contributed by atoms with Crippen molar-refractivity contribution in [2.24, 2.45) is 0 Å². The molecule has 0 unspecified atom stereocenters. The normalized spacial score (nSPS) is 11.0. The van der Waals surface area contributed by atoms with Gasteiger partial charge in [0.25, 0.3) is 5.91 Å². The fourth-order valence-electron chi connectivity index (χ4n) is 3.42. The van der Waals surface area contributed by atoms with E-state index in [1.807, 2.05) is 19.1 Å². The molecule has 0 saturated carbocycles. The number of rotatable bonds is 5. The third-order valence-electron chi connectivity index (χ3n) is 4.94. The van der Waals surface area contributed by atoms with E-state index in [1.54, 1.807) is 0 Å². The van der Waals surface area contributed by atoms with E-state index in [1.165, 1.54) is 16.5 Å². The molecule has 130 valence electrons. The van der Waals surface area contributed by atoms with Gasteiger partial charge in [-0.05, 0) is 67.6 Å². The first kappa shape index (κ1) is 17.3. The van der Waals surface area contributed by atoms with Gasteiger partial charge in [0, 0.05) is 23.1 Å². The highest BCUT2D eigenvalue weighted by Gasteiger charge is 2.19. The molecule has 0 aliphatic carbocycles. The van der Waals surface area contributed by atoms with Gasteiger partial charge in [-0.2, -0.15) is 0 Å². The summed E-state index contributed by atoms with van der Waals surface area (Å²) < 4.78 is 2.11. The lowest BCUT2D eigenvalue weighted by atomic mass is 10.1. The molecule has 25 heavy (non-hydrogen) atoms. The van der Waals surface area contributed by atoms with E-state index in [9.17, 15) is 4.79 Å². The molecule has 0 spiro atoms. The van der Waals surface area contributed by atoms with Gasteiger partial charge in [0.1, 0.15) is 5.69 Å². The maximum atomic E-state index is 13.0. The second-order valence-electron chi connectivity index (χ2n) is 6.43. The smallest absolute Gasteiger partial charge is 0.272 e. The van der Waals surface area contributed by atoms with Crippen molar-refractivity contribution in [2.75, 3.05) is 5.32 Å². The fourth-order valence-corrected chi connectivity index (χ4v) is 3.42. The molecule has 2 aromatic carbocycles. The zero-order valence-electron chi connectivity index (χ0n) is 15.5. The molecule has 0 radical (unpaired) electrons. The highest BCUT2D eigenvalue weighted by molar-refractivity contribution is 6.08. The summed E-state index contributed by atoms with van der Waals surface area (Å²) in [7, 11) is 0. The van der Waals surface area contributed by atoms with E-state index in [0.717, 1.165) is 41.8 Å². The molecule has 1 amide bonds. The number of anilines is 1. The minimum absolute atomic E-state index is 0.0437. The molecule has 0 saturated heterocycles. The maximum absolute atomic E-state index is 13.0. The van der Waals surface area contributed by atoms with E-state index in [-0.39, 0.29) is 5.91 Å². The number of hydrogen-bond donors (Lipinski definition) is 1. The van der Waals surface area contributed by atoms with E-state index in [0.29, 0.717) is 0 Å². The second kappa shape index (κ2) is 7.14. The molecule has 3 aromatic rings. The van der Waals surface area contributed by atoms with Crippen LogP contribution < -0.4 is 5.32 Å². The first-order valence-electron chi connectivity index (χ1n) is 9.11. The minimum Gasteiger partial charge on any atom is -0.337 e. The molecule has 0 atom stereocenters. The maximum Gasteiger partial charge on any atom is 0.272 e. The first-order valence-corrected chi connectivity index (χ1v) is 9.11. The largest absolute Gasteiger partial charge is 0.337 e. The summed E-state index contributed by atoms with van der Waals surface area (Å²) in [6.45, 7) is 9.18. The number of benzene rings is 2. The van der Waals surface area contributed by atoms with Gasteiger partial charge in [0.2, 0.25) is 0 Å². The number of carbonyl (C=O) groups is 1. The van der Waals surface area contributed by atoms with Crippen LogP contribution in [0.5, 0.6) is 0 Å². The van der Waals surface area contributed by atoms with Gasteiger partial charge in [0.05, 0.1) is 0 Å². The summed E-state index contributed by atoms with van der Waals surface area (Å²) in [5.74, 6) is -0.0437. The zero-order chi connectivity index (χ0) is 18.0. The number of aromatic nitrogens is 1. The predicted octanol–water partition coefficient (Wildman–Crippen LogP) is 5.35. The molecule has 1 N–H and O–H groups in total. The summed E-state index contributed by atoms with van der Waals surface area (Å²) in [5, 5.41) is 4.23. The summed E-state index contributed by atoms with van der Waals surface area (Å²) in [6, 6.07) is 14.6. The number of hydrogen-bond acceptors (Lipinski definition) is 1. The third kappa shape index (κ3) is 3.19. The van der Waals surface area contributed by atoms with Crippen molar-refractivity contribution in [3.63, 3.8) is 0 Å². The van der Waals surface area contributed by atoms with Gasteiger partial charge in [-0.1, -0.05) is 32.0 Å². The van der Waals surface area contributed by atoms with Crippen LogP contribution in [0.1, 0.15) is 48.0 Å². The minimum atomic E-state index is -0.0437. The van der Waals surface area contributed by atoms with Crippen molar-refractivity contribution >= 4 is 22.5 Å². The van der Waals surface area contributed by atoms with Crippen LogP contribution in [0.2, 0.25) is 0 Å².